The molecule has 3 aromatic rings. The summed E-state index contributed by atoms with van der Waals surface area (Å²) in [6.07, 6.45) is 0. The average Bonchev–Trinajstić information content (AvgIpc) is 3.21. The molecule has 3 heterocycles. The molecule has 0 radical (unpaired) electrons. The Hall–Kier alpha value is -3.09. The summed E-state index contributed by atoms with van der Waals surface area (Å²) < 4.78 is 12.7. The molecule has 0 atom stereocenters. The number of ether oxygens (including phenoxy) is 1. The smallest absolute Gasteiger partial charge is 0.272 e. The van der Waals surface area contributed by atoms with Gasteiger partial charge in [-0.1, -0.05) is 23.4 Å². The molecule has 0 spiro atoms. The fraction of sp³-hybridized carbons (Fsp3) is 0.316. The zero-order valence-corrected chi connectivity index (χ0v) is 14.8. The average molecular weight is 352 g/mol. The van der Waals surface area contributed by atoms with Crippen LogP contribution >= 0.6 is 0 Å². The van der Waals surface area contributed by atoms with Crippen LogP contribution in [0, 0.1) is 13.8 Å². The van der Waals surface area contributed by atoms with E-state index in [1.807, 2.05) is 55.1 Å². The Kier molecular flexibility index (Phi) is 4.20. The fourth-order valence-electron chi connectivity index (χ4n) is 3.11. The van der Waals surface area contributed by atoms with Crippen LogP contribution in [0.3, 0.4) is 0 Å². The molecule has 0 bridgehead atoms. The largest absolute Gasteiger partial charge is 0.487 e. The van der Waals surface area contributed by atoms with E-state index in [2.05, 4.69) is 10.3 Å². The van der Waals surface area contributed by atoms with Crippen LogP contribution in [0.15, 0.2) is 40.9 Å². The van der Waals surface area contributed by atoms with Gasteiger partial charge in [0.15, 0.2) is 0 Å². The molecule has 1 amide bonds. The van der Waals surface area contributed by atoms with E-state index < -0.39 is 0 Å². The lowest BCUT2D eigenvalue weighted by atomic mass is 10.1. The van der Waals surface area contributed by atoms with E-state index in [4.69, 9.17) is 9.26 Å². The normalized spacial score (nSPS) is 13.8. The van der Waals surface area contributed by atoms with E-state index >= 15 is 0 Å². The quantitative estimate of drug-likeness (QED) is 0.706. The summed E-state index contributed by atoms with van der Waals surface area (Å²) in [6, 6.07) is 11.4. The van der Waals surface area contributed by atoms with Gasteiger partial charge in [-0.3, -0.25) is 9.48 Å². The molecule has 0 aliphatic carbocycles. The molecule has 134 valence electrons. The van der Waals surface area contributed by atoms with Crippen molar-refractivity contribution in [1.29, 1.82) is 0 Å². The number of hydrogen-bond acceptors (Lipinski definition) is 5. The highest BCUT2D eigenvalue weighted by Crippen LogP contribution is 2.20. The number of carbonyl (C=O) groups is 1. The third kappa shape index (κ3) is 3.08. The summed E-state index contributed by atoms with van der Waals surface area (Å²) in [5, 5.41) is 8.46. The maximum absolute atomic E-state index is 12.8. The Labute approximate surface area is 151 Å². The van der Waals surface area contributed by atoms with Gasteiger partial charge in [0, 0.05) is 12.1 Å². The van der Waals surface area contributed by atoms with Gasteiger partial charge in [0.25, 0.3) is 5.91 Å². The van der Waals surface area contributed by atoms with Crippen LogP contribution < -0.4 is 4.74 Å². The molecule has 0 saturated heterocycles. The number of para-hydroxylation sites is 1. The lowest BCUT2D eigenvalue weighted by molar-refractivity contribution is 0.0682. The summed E-state index contributed by atoms with van der Waals surface area (Å²) >= 11 is 0. The Morgan fingerprint density at radius 1 is 1.19 bits per heavy atom. The van der Waals surface area contributed by atoms with E-state index in [1.54, 1.807) is 4.68 Å². The van der Waals surface area contributed by atoms with Crippen molar-refractivity contribution < 1.29 is 14.1 Å². The first-order valence-electron chi connectivity index (χ1n) is 8.57. The van der Waals surface area contributed by atoms with Crippen LogP contribution in [-0.4, -0.2) is 32.3 Å². The van der Waals surface area contributed by atoms with Gasteiger partial charge in [-0.15, -0.1) is 0 Å². The van der Waals surface area contributed by atoms with Crippen molar-refractivity contribution >= 4 is 5.91 Å². The van der Waals surface area contributed by atoms with Crippen molar-refractivity contribution in [2.75, 3.05) is 6.54 Å². The van der Waals surface area contributed by atoms with Crippen molar-refractivity contribution in [2.24, 2.45) is 0 Å². The van der Waals surface area contributed by atoms with E-state index in [9.17, 15) is 4.79 Å². The summed E-state index contributed by atoms with van der Waals surface area (Å²) in [5.74, 6) is 1.51. The van der Waals surface area contributed by atoms with Gasteiger partial charge >= 0.3 is 0 Å². The van der Waals surface area contributed by atoms with Crippen LogP contribution in [0.25, 0.3) is 0 Å². The molecule has 0 N–H and O–H groups in total. The molecule has 1 aliphatic rings. The van der Waals surface area contributed by atoms with Gasteiger partial charge in [-0.2, -0.15) is 5.10 Å². The van der Waals surface area contributed by atoms with Crippen LogP contribution in [0.4, 0.5) is 0 Å². The summed E-state index contributed by atoms with van der Waals surface area (Å²) in [4.78, 5) is 14.6. The van der Waals surface area contributed by atoms with Crippen LogP contribution in [-0.2, 0) is 19.7 Å². The van der Waals surface area contributed by atoms with Crippen molar-refractivity contribution in [2.45, 2.75) is 33.5 Å². The number of benzene rings is 1. The zero-order valence-electron chi connectivity index (χ0n) is 14.8. The SMILES string of the molecule is Cc1noc(C)c1CN1CCn2nc(COc3ccccc3)cc2C1=O. The van der Waals surface area contributed by atoms with E-state index in [-0.39, 0.29) is 5.91 Å². The summed E-state index contributed by atoms with van der Waals surface area (Å²) in [6.45, 7) is 5.87. The van der Waals surface area contributed by atoms with Gasteiger partial charge in [0.1, 0.15) is 29.5 Å². The van der Waals surface area contributed by atoms with Crippen LogP contribution in [0.2, 0.25) is 0 Å². The lowest BCUT2D eigenvalue weighted by Crippen LogP contribution is -2.40. The minimum absolute atomic E-state index is 0.0327. The number of hydrogen-bond donors (Lipinski definition) is 0. The number of fused-ring (bicyclic) bond motifs is 1. The topological polar surface area (TPSA) is 73.4 Å². The Balaban J connectivity index is 1.47. The van der Waals surface area contributed by atoms with Gasteiger partial charge in [-0.05, 0) is 32.0 Å². The molecule has 26 heavy (non-hydrogen) atoms. The number of rotatable bonds is 5. The highest BCUT2D eigenvalue weighted by Gasteiger charge is 2.28. The molecule has 2 aromatic heterocycles. The molecule has 4 rings (SSSR count). The minimum Gasteiger partial charge on any atom is -0.487 e. The zero-order chi connectivity index (χ0) is 18.1. The van der Waals surface area contributed by atoms with Crippen molar-refractivity contribution in [3.63, 3.8) is 0 Å². The molecule has 1 aromatic carbocycles. The molecule has 0 unspecified atom stereocenters. The van der Waals surface area contributed by atoms with Gasteiger partial charge in [0.2, 0.25) is 0 Å². The van der Waals surface area contributed by atoms with E-state index in [0.29, 0.717) is 31.9 Å². The van der Waals surface area contributed by atoms with Crippen molar-refractivity contribution in [3.8, 4) is 5.75 Å². The van der Waals surface area contributed by atoms with Gasteiger partial charge < -0.3 is 14.2 Å². The summed E-state index contributed by atoms with van der Waals surface area (Å²) in [5.41, 5.74) is 3.14. The first kappa shape index (κ1) is 16.4. The van der Waals surface area contributed by atoms with Crippen LogP contribution in [0.1, 0.15) is 33.2 Å². The van der Waals surface area contributed by atoms with Gasteiger partial charge in [0.05, 0.1) is 18.8 Å². The van der Waals surface area contributed by atoms with E-state index in [1.165, 1.54) is 0 Å². The third-order valence-corrected chi connectivity index (χ3v) is 4.58. The molecular weight excluding hydrogens is 332 g/mol. The Morgan fingerprint density at radius 3 is 2.73 bits per heavy atom. The van der Waals surface area contributed by atoms with Crippen molar-refractivity contribution in [3.05, 3.63) is 64.8 Å². The molecule has 7 nitrogen and oxygen atoms in total. The monoisotopic (exact) mass is 352 g/mol. The number of amides is 1. The fourth-order valence-corrected chi connectivity index (χ4v) is 3.11. The number of aromatic nitrogens is 3. The van der Waals surface area contributed by atoms with E-state index in [0.717, 1.165) is 28.5 Å². The molecule has 0 fully saturated rings. The maximum Gasteiger partial charge on any atom is 0.272 e. The Bertz CT molecular complexity index is 910. The van der Waals surface area contributed by atoms with Gasteiger partial charge in [-0.25, -0.2) is 0 Å². The second-order valence-electron chi connectivity index (χ2n) is 6.38. The standard InChI is InChI=1S/C19H20N4O3/c1-13-17(14(2)26-21-13)11-22-8-9-23-18(19(22)24)10-15(20-23)12-25-16-6-4-3-5-7-16/h3-7,10H,8-9,11-12H2,1-2H3. The highest BCUT2D eigenvalue weighted by atomic mass is 16.5. The maximum atomic E-state index is 12.8. The predicted octanol–water partition coefficient (Wildman–Crippen LogP) is 2.72. The number of carbonyl (C=O) groups excluding carboxylic acids is 1. The summed E-state index contributed by atoms with van der Waals surface area (Å²) in [7, 11) is 0. The first-order chi connectivity index (χ1) is 12.6. The number of aryl methyl sites for hydroxylation is 2. The minimum atomic E-state index is -0.0327. The second kappa shape index (κ2) is 6.67. The molecular formula is C19H20N4O3. The molecule has 0 saturated carbocycles. The predicted molar refractivity (Wildman–Crippen MR) is 93.7 cm³/mol. The van der Waals surface area contributed by atoms with Crippen molar-refractivity contribution in [1.82, 2.24) is 19.8 Å². The molecule has 1 aliphatic heterocycles. The number of nitrogens with zero attached hydrogens (tertiary/aromatic N) is 4. The molecule has 7 heteroatoms. The first-order valence-corrected chi connectivity index (χ1v) is 8.57. The second-order valence-corrected chi connectivity index (χ2v) is 6.38. The Morgan fingerprint density at radius 2 is 2.00 bits per heavy atom. The van der Waals surface area contributed by atoms with Crippen LogP contribution in [0.5, 0.6) is 5.75 Å². The highest BCUT2D eigenvalue weighted by molar-refractivity contribution is 5.93. The third-order valence-electron chi connectivity index (χ3n) is 4.58. The lowest BCUT2D eigenvalue weighted by Gasteiger charge is -2.27.